The van der Waals surface area contributed by atoms with E-state index in [9.17, 15) is 0 Å². The molecule has 0 aliphatic carbocycles. The number of hydrogen-bond acceptors (Lipinski definition) is 4. The van der Waals surface area contributed by atoms with Gasteiger partial charge in [0.25, 0.3) is 0 Å². The molecule has 0 aromatic rings. The van der Waals surface area contributed by atoms with Gasteiger partial charge in [-0.25, -0.2) is 0 Å². The van der Waals surface area contributed by atoms with Gasteiger partial charge in [-0.3, -0.25) is 0 Å². The fourth-order valence-corrected chi connectivity index (χ4v) is 0.325. The van der Waals surface area contributed by atoms with Gasteiger partial charge in [0.1, 0.15) is 17.7 Å². The topological polar surface area (TPSA) is 47.6 Å². The van der Waals surface area contributed by atoms with Crippen LogP contribution in [0.3, 0.4) is 0 Å². The third-order valence-corrected chi connectivity index (χ3v) is 0.894. The van der Waals surface area contributed by atoms with Crippen LogP contribution in [0, 0.1) is 22.7 Å². The molecule has 0 heterocycles. The van der Waals surface area contributed by atoms with Crippen LogP contribution in [0.4, 0.5) is 0 Å². The van der Waals surface area contributed by atoms with E-state index in [1.807, 2.05) is 0 Å². The minimum atomic E-state index is -0.0586. The first-order chi connectivity index (χ1) is 3.72. The average Bonchev–Trinajstić information content (AvgIpc) is 1.69. The summed E-state index contributed by atoms with van der Waals surface area (Å²) in [7, 11) is 0. The molecule has 0 saturated heterocycles. The van der Waals surface area contributed by atoms with Crippen molar-refractivity contribution in [2.45, 2.75) is 0 Å². The van der Waals surface area contributed by atoms with Crippen LogP contribution in [-0.4, -0.2) is 0 Å². The van der Waals surface area contributed by atoms with Crippen LogP contribution >= 0.6 is 25.3 Å². The average molecular weight is 142 g/mol. The molecule has 2 nitrogen and oxygen atoms in total. The number of thiol groups is 2. The lowest BCUT2D eigenvalue weighted by molar-refractivity contribution is 1.47. The van der Waals surface area contributed by atoms with E-state index in [1.54, 1.807) is 12.1 Å². The Hall–Kier alpha value is -0.580. The second-order valence-electron chi connectivity index (χ2n) is 0.922. The van der Waals surface area contributed by atoms with Gasteiger partial charge in [0.05, 0.1) is 4.24 Å². The molecule has 40 valence electrons. The Morgan fingerprint density at radius 2 is 1.50 bits per heavy atom. The van der Waals surface area contributed by atoms with E-state index < -0.39 is 0 Å². The maximum Gasteiger partial charge on any atom is 0.149 e. The standard InChI is InChI=1S/C4H2N2S2/c5-1-3(2-6)4(7)8/h7-8H. The SMILES string of the molecule is N#CC(C#N)=C(S)S. The lowest BCUT2D eigenvalue weighted by Crippen LogP contribution is -1.69. The summed E-state index contributed by atoms with van der Waals surface area (Å²) >= 11 is 7.30. The van der Waals surface area contributed by atoms with E-state index in [0.717, 1.165) is 0 Å². The third-order valence-electron chi connectivity index (χ3n) is 0.447. The van der Waals surface area contributed by atoms with Gasteiger partial charge in [-0.1, -0.05) is 0 Å². The molecule has 0 aromatic heterocycles. The van der Waals surface area contributed by atoms with Gasteiger partial charge in [-0.2, -0.15) is 10.5 Å². The van der Waals surface area contributed by atoms with Crippen molar-refractivity contribution in [3.8, 4) is 12.1 Å². The first kappa shape index (κ1) is 7.42. The highest BCUT2D eigenvalue weighted by molar-refractivity contribution is 8.05. The molecule has 0 unspecified atom stereocenters. The largest absolute Gasteiger partial charge is 0.192 e. The molecule has 0 radical (unpaired) electrons. The van der Waals surface area contributed by atoms with Gasteiger partial charge >= 0.3 is 0 Å². The predicted octanol–water partition coefficient (Wildman–Crippen LogP) is 1.10. The molecule has 0 fully saturated rings. The fraction of sp³-hybridized carbons (Fsp3) is 0. The third kappa shape index (κ3) is 1.92. The summed E-state index contributed by atoms with van der Waals surface area (Å²) in [5.41, 5.74) is -0.0586. The van der Waals surface area contributed by atoms with Crippen LogP contribution in [0.25, 0.3) is 0 Å². The van der Waals surface area contributed by atoms with Crippen LogP contribution in [0.5, 0.6) is 0 Å². The molecule has 4 heteroatoms. The van der Waals surface area contributed by atoms with Gasteiger partial charge in [0, 0.05) is 0 Å². The van der Waals surface area contributed by atoms with Crippen molar-refractivity contribution >= 4 is 25.3 Å². The highest BCUT2D eigenvalue weighted by Crippen LogP contribution is 2.10. The van der Waals surface area contributed by atoms with Gasteiger partial charge in [0.15, 0.2) is 0 Å². The van der Waals surface area contributed by atoms with Crippen LogP contribution in [0.15, 0.2) is 9.81 Å². The Morgan fingerprint density at radius 3 is 1.50 bits per heavy atom. The number of hydrogen-bond donors (Lipinski definition) is 2. The molecular formula is C4H2N2S2. The molecule has 0 bridgehead atoms. The van der Waals surface area contributed by atoms with Gasteiger partial charge in [-0.05, 0) is 0 Å². The van der Waals surface area contributed by atoms with Crippen molar-refractivity contribution in [3.05, 3.63) is 9.81 Å². The minimum Gasteiger partial charge on any atom is -0.192 e. The zero-order valence-electron chi connectivity index (χ0n) is 3.79. The normalized spacial score (nSPS) is 6.50. The minimum absolute atomic E-state index is 0.0586. The van der Waals surface area contributed by atoms with Crippen molar-refractivity contribution in [2.24, 2.45) is 0 Å². The van der Waals surface area contributed by atoms with Gasteiger partial charge in [0.2, 0.25) is 0 Å². The van der Waals surface area contributed by atoms with Gasteiger partial charge in [-0.15, -0.1) is 25.3 Å². The molecule has 0 aliphatic rings. The zero-order valence-corrected chi connectivity index (χ0v) is 5.58. The van der Waals surface area contributed by atoms with Crippen molar-refractivity contribution in [1.82, 2.24) is 0 Å². The number of nitrogens with zero attached hydrogens (tertiary/aromatic N) is 2. The Balaban J connectivity index is 4.47. The van der Waals surface area contributed by atoms with Crippen LogP contribution < -0.4 is 0 Å². The Morgan fingerprint density at radius 1 is 1.12 bits per heavy atom. The Labute approximate surface area is 58.2 Å². The molecule has 0 saturated carbocycles. The van der Waals surface area contributed by atoms with Crippen molar-refractivity contribution in [3.63, 3.8) is 0 Å². The van der Waals surface area contributed by atoms with Crippen molar-refractivity contribution < 1.29 is 0 Å². The first-order valence-electron chi connectivity index (χ1n) is 1.64. The van der Waals surface area contributed by atoms with E-state index in [0.29, 0.717) is 0 Å². The van der Waals surface area contributed by atoms with Crippen molar-refractivity contribution in [1.29, 1.82) is 10.5 Å². The number of rotatable bonds is 0. The monoisotopic (exact) mass is 142 g/mol. The smallest absolute Gasteiger partial charge is 0.149 e. The number of allylic oxidation sites excluding steroid dienone is 1. The van der Waals surface area contributed by atoms with E-state index in [1.165, 1.54) is 0 Å². The summed E-state index contributed by atoms with van der Waals surface area (Å²) in [4.78, 5) is 0. The molecule has 0 aromatic carbocycles. The Kier molecular flexibility index (Phi) is 3.18. The lowest BCUT2D eigenvalue weighted by atomic mass is 10.4. The molecule has 0 spiro atoms. The summed E-state index contributed by atoms with van der Waals surface area (Å²) < 4.78 is 0.162. The zero-order chi connectivity index (χ0) is 6.57. The van der Waals surface area contributed by atoms with Gasteiger partial charge < -0.3 is 0 Å². The maximum absolute atomic E-state index is 8.07. The van der Waals surface area contributed by atoms with Crippen LogP contribution in [0.2, 0.25) is 0 Å². The number of nitriles is 2. The van der Waals surface area contributed by atoms with Crippen LogP contribution in [-0.2, 0) is 0 Å². The molecule has 0 amide bonds. The molecule has 0 aliphatic heterocycles. The second-order valence-corrected chi connectivity index (χ2v) is 2.17. The predicted molar refractivity (Wildman–Crippen MR) is 36.2 cm³/mol. The summed E-state index contributed by atoms with van der Waals surface area (Å²) in [6, 6.07) is 3.23. The summed E-state index contributed by atoms with van der Waals surface area (Å²) in [6.07, 6.45) is 0. The molecule has 0 atom stereocenters. The first-order valence-corrected chi connectivity index (χ1v) is 2.54. The molecule has 0 rings (SSSR count). The van der Waals surface area contributed by atoms with Crippen LogP contribution in [0.1, 0.15) is 0 Å². The summed E-state index contributed by atoms with van der Waals surface area (Å²) in [6.45, 7) is 0. The molecule has 8 heavy (non-hydrogen) atoms. The second kappa shape index (κ2) is 3.43. The quantitative estimate of drug-likeness (QED) is 0.393. The van der Waals surface area contributed by atoms with E-state index in [4.69, 9.17) is 10.5 Å². The fourth-order valence-electron chi connectivity index (χ4n) is 0.125. The van der Waals surface area contributed by atoms with E-state index in [2.05, 4.69) is 25.3 Å². The summed E-state index contributed by atoms with van der Waals surface area (Å²) in [5.74, 6) is 0. The van der Waals surface area contributed by atoms with Crippen molar-refractivity contribution in [2.75, 3.05) is 0 Å². The molecule has 0 N–H and O–H groups in total. The molecular weight excluding hydrogens is 140 g/mol. The van der Waals surface area contributed by atoms with E-state index >= 15 is 0 Å². The summed E-state index contributed by atoms with van der Waals surface area (Å²) in [5, 5.41) is 16.1. The highest BCUT2D eigenvalue weighted by atomic mass is 32.2. The lowest BCUT2D eigenvalue weighted by Gasteiger charge is -1.79. The highest BCUT2D eigenvalue weighted by Gasteiger charge is 1.93. The van der Waals surface area contributed by atoms with E-state index in [-0.39, 0.29) is 9.81 Å². The maximum atomic E-state index is 8.07. The Bertz CT molecular complexity index is 173.